The zero-order chi connectivity index (χ0) is 33.1. The largest absolute Gasteiger partial charge is 0.464 e. The van der Waals surface area contributed by atoms with Crippen molar-refractivity contribution in [3.8, 4) is 11.5 Å². The molecule has 0 radical (unpaired) electrons. The topological polar surface area (TPSA) is 47.0 Å². The fourth-order valence-electron chi connectivity index (χ4n) is 7.31. The summed E-state index contributed by atoms with van der Waals surface area (Å²) in [6.07, 6.45) is 1.87. The molecule has 238 valence electrons. The molecule has 5 aromatic rings. The average Bonchev–Trinajstić information content (AvgIpc) is 3.34. The van der Waals surface area contributed by atoms with Crippen LogP contribution < -0.4 is 9.64 Å². The first-order valence-corrected chi connectivity index (χ1v) is 16.5. The predicted molar refractivity (Wildman–Crippen MR) is 192 cm³/mol. The van der Waals surface area contributed by atoms with E-state index in [0.717, 1.165) is 50.9 Å². The summed E-state index contributed by atoms with van der Waals surface area (Å²) in [5, 5.41) is 0. The van der Waals surface area contributed by atoms with Gasteiger partial charge < -0.3 is 9.47 Å². The smallest absolute Gasteiger partial charge is 0.217 e. The molecule has 0 fully saturated rings. The zero-order valence-electron chi connectivity index (χ0n) is 28.6. The van der Waals surface area contributed by atoms with E-state index in [4.69, 9.17) is 19.5 Å². The van der Waals surface area contributed by atoms with Crippen molar-refractivity contribution in [1.29, 1.82) is 0 Å². The number of hydrogen-bond acceptors (Lipinski definition) is 5. The summed E-state index contributed by atoms with van der Waals surface area (Å²) in [5.41, 5.74) is 7.54. The van der Waals surface area contributed by atoms with E-state index in [1.54, 1.807) is 0 Å². The Kier molecular flexibility index (Phi) is 7.27. The van der Waals surface area contributed by atoms with Crippen molar-refractivity contribution in [2.45, 2.75) is 71.9 Å². The number of aromatic nitrogens is 1. The molecule has 5 heteroatoms. The number of rotatable bonds is 6. The highest BCUT2D eigenvalue weighted by molar-refractivity contribution is 5.97. The van der Waals surface area contributed by atoms with Gasteiger partial charge in [-0.15, -0.1) is 0 Å². The average molecular weight is 622 g/mol. The maximum absolute atomic E-state index is 6.84. The Hall–Kier alpha value is -4.90. The maximum Gasteiger partial charge on any atom is 0.217 e. The molecule has 2 atom stereocenters. The number of fused-ring (bicyclic) bond motifs is 2. The highest BCUT2D eigenvalue weighted by Gasteiger charge is 2.55. The molecule has 1 aromatic heterocycles. The third kappa shape index (κ3) is 5.00. The monoisotopic (exact) mass is 621 g/mol. The van der Waals surface area contributed by atoms with Crippen LogP contribution in [0.2, 0.25) is 0 Å². The van der Waals surface area contributed by atoms with Crippen molar-refractivity contribution in [2.75, 3.05) is 4.90 Å². The van der Waals surface area contributed by atoms with E-state index in [2.05, 4.69) is 145 Å². The highest BCUT2D eigenvalue weighted by Crippen LogP contribution is 2.52. The van der Waals surface area contributed by atoms with Crippen LogP contribution in [0.25, 0.3) is 0 Å². The molecule has 0 saturated carbocycles. The minimum atomic E-state index is -0.613. The van der Waals surface area contributed by atoms with Crippen LogP contribution in [0.3, 0.4) is 0 Å². The minimum absolute atomic E-state index is 0.176. The van der Waals surface area contributed by atoms with Gasteiger partial charge >= 0.3 is 0 Å². The van der Waals surface area contributed by atoms with Crippen LogP contribution in [0.5, 0.6) is 11.5 Å². The second-order valence-electron chi connectivity index (χ2n) is 14.2. The van der Waals surface area contributed by atoms with E-state index in [1.807, 2.05) is 24.4 Å². The summed E-state index contributed by atoms with van der Waals surface area (Å²) in [7, 11) is 0. The number of benzene rings is 4. The van der Waals surface area contributed by atoms with Crippen LogP contribution in [-0.2, 0) is 15.8 Å². The fourth-order valence-corrected chi connectivity index (χ4v) is 7.31. The highest BCUT2D eigenvalue weighted by atomic mass is 16.5. The lowest BCUT2D eigenvalue weighted by Gasteiger charge is -2.41. The summed E-state index contributed by atoms with van der Waals surface area (Å²) in [6.45, 7) is 17.5. The molecule has 5 nitrogen and oxygen atoms in total. The second-order valence-corrected chi connectivity index (χ2v) is 14.2. The van der Waals surface area contributed by atoms with Gasteiger partial charge in [0.15, 0.2) is 5.60 Å². The van der Waals surface area contributed by atoms with Crippen molar-refractivity contribution in [1.82, 2.24) is 4.98 Å². The Morgan fingerprint density at radius 1 is 0.723 bits per heavy atom. The third-order valence-corrected chi connectivity index (χ3v) is 10.4. The molecule has 4 aromatic carbocycles. The maximum atomic E-state index is 6.84. The summed E-state index contributed by atoms with van der Waals surface area (Å²) >= 11 is 0. The first-order valence-electron chi connectivity index (χ1n) is 16.5. The number of pyridine rings is 1. The Labute approximate surface area is 278 Å². The SMILES string of the molecule is Cc1cc(Oc2cc(C)cc(N3c4ccccc4C(C)(C)c4cccnc43)c2)cc(C2=N[C@](C)(C(C)C)[C@@](C)(c3ccccc3)O2)c1. The first kappa shape index (κ1) is 30.7. The van der Waals surface area contributed by atoms with Gasteiger partial charge in [-0.05, 0) is 98.3 Å². The van der Waals surface area contributed by atoms with Gasteiger partial charge in [-0.25, -0.2) is 9.98 Å². The lowest BCUT2D eigenvalue weighted by atomic mass is 9.72. The van der Waals surface area contributed by atoms with Crippen molar-refractivity contribution >= 4 is 23.1 Å². The van der Waals surface area contributed by atoms with Crippen LogP contribution in [0.4, 0.5) is 17.2 Å². The number of aryl methyl sites for hydroxylation is 2. The summed E-state index contributed by atoms with van der Waals surface area (Å²) in [4.78, 5) is 12.4. The number of para-hydroxylation sites is 1. The first-order chi connectivity index (χ1) is 22.4. The number of nitrogens with zero attached hydrogens (tertiary/aromatic N) is 3. The number of hydrogen-bond donors (Lipinski definition) is 0. The van der Waals surface area contributed by atoms with Crippen LogP contribution in [0.15, 0.2) is 114 Å². The van der Waals surface area contributed by atoms with Gasteiger partial charge in [0.25, 0.3) is 0 Å². The molecule has 0 saturated heterocycles. The van der Waals surface area contributed by atoms with E-state index in [-0.39, 0.29) is 11.3 Å². The number of ether oxygens (including phenoxy) is 2. The van der Waals surface area contributed by atoms with E-state index >= 15 is 0 Å². The zero-order valence-corrected chi connectivity index (χ0v) is 28.6. The van der Waals surface area contributed by atoms with E-state index in [1.165, 1.54) is 11.1 Å². The second kappa shape index (κ2) is 11.1. The van der Waals surface area contributed by atoms with E-state index < -0.39 is 11.1 Å². The standard InChI is InChI=1S/C42H43N3O2/c1-27(2)41(7)42(8,31-15-10-9-11-16-31)47-39(44-41)30-21-28(3)23-33(25-30)46-34-24-29(4)22-32(26-34)45-37-19-13-12-17-35(37)40(5,6)36-18-14-20-43-38(36)45/h9-27H,1-8H3/t41-,42-/m1/s1. The normalized spacial score (nSPS) is 21.1. The Balaban J connectivity index is 1.26. The van der Waals surface area contributed by atoms with Gasteiger partial charge in [0.1, 0.15) is 22.9 Å². The molecular formula is C42H43N3O2. The Bertz CT molecular complexity index is 1960. The Morgan fingerprint density at radius 3 is 2.13 bits per heavy atom. The molecular weight excluding hydrogens is 578 g/mol. The van der Waals surface area contributed by atoms with Gasteiger partial charge in [-0.1, -0.05) is 82.3 Å². The third-order valence-electron chi connectivity index (χ3n) is 10.4. The molecule has 0 spiro atoms. The van der Waals surface area contributed by atoms with Gasteiger partial charge in [0, 0.05) is 28.8 Å². The van der Waals surface area contributed by atoms with Crippen molar-refractivity contribution < 1.29 is 9.47 Å². The van der Waals surface area contributed by atoms with Gasteiger partial charge in [-0.3, -0.25) is 4.90 Å². The van der Waals surface area contributed by atoms with Gasteiger partial charge in [0.05, 0.1) is 11.4 Å². The van der Waals surface area contributed by atoms with E-state index in [0.29, 0.717) is 5.90 Å². The van der Waals surface area contributed by atoms with Crippen LogP contribution in [0.1, 0.15) is 74.9 Å². The summed E-state index contributed by atoms with van der Waals surface area (Å²) < 4.78 is 13.5. The van der Waals surface area contributed by atoms with Crippen LogP contribution in [0, 0.1) is 19.8 Å². The molecule has 3 heterocycles. The van der Waals surface area contributed by atoms with Gasteiger partial charge in [0.2, 0.25) is 5.90 Å². The van der Waals surface area contributed by atoms with Gasteiger partial charge in [-0.2, -0.15) is 0 Å². The minimum Gasteiger partial charge on any atom is -0.464 e. The molecule has 0 N–H and O–H groups in total. The molecule has 0 aliphatic carbocycles. The quantitative estimate of drug-likeness (QED) is 0.189. The van der Waals surface area contributed by atoms with E-state index in [9.17, 15) is 0 Å². The predicted octanol–water partition coefficient (Wildman–Crippen LogP) is 10.7. The van der Waals surface area contributed by atoms with Crippen molar-refractivity contribution in [2.24, 2.45) is 10.9 Å². The lowest BCUT2D eigenvalue weighted by Crippen LogP contribution is -2.47. The van der Waals surface area contributed by atoms with Crippen molar-refractivity contribution in [3.05, 3.63) is 143 Å². The number of aliphatic imine (C=N–C) groups is 1. The van der Waals surface area contributed by atoms with Crippen molar-refractivity contribution in [3.63, 3.8) is 0 Å². The molecule has 7 rings (SSSR count). The molecule has 0 bridgehead atoms. The lowest BCUT2D eigenvalue weighted by molar-refractivity contribution is 0.00857. The molecule has 0 unspecified atom stereocenters. The molecule has 2 aliphatic rings. The fraction of sp³-hybridized carbons (Fsp3) is 0.286. The molecule has 0 amide bonds. The summed E-state index contributed by atoms with van der Waals surface area (Å²) in [6, 6.07) is 35.9. The van der Waals surface area contributed by atoms with Crippen LogP contribution in [-0.4, -0.2) is 16.4 Å². The summed E-state index contributed by atoms with van der Waals surface area (Å²) in [5.74, 6) is 3.33. The molecule has 47 heavy (non-hydrogen) atoms. The van der Waals surface area contributed by atoms with Crippen LogP contribution >= 0.6 is 0 Å². The molecule has 2 aliphatic heterocycles. The Morgan fingerprint density at radius 2 is 1.38 bits per heavy atom. The number of anilines is 3.